The lowest BCUT2D eigenvalue weighted by Crippen LogP contribution is -2.20. The van der Waals surface area contributed by atoms with Crippen molar-refractivity contribution in [3.8, 4) is 0 Å². The topological polar surface area (TPSA) is 20.2 Å². The molecule has 2 aromatic carbocycles. The quantitative estimate of drug-likeness (QED) is 0.801. The molecule has 0 heterocycles. The minimum absolute atomic E-state index is 0.0962. The summed E-state index contributed by atoms with van der Waals surface area (Å²) >= 11 is 0. The Bertz CT molecular complexity index is 624. The van der Waals surface area contributed by atoms with Crippen molar-refractivity contribution >= 4 is 10.8 Å². The van der Waals surface area contributed by atoms with Crippen molar-refractivity contribution in [1.82, 2.24) is 0 Å². The zero-order valence-electron chi connectivity index (χ0n) is 11.6. The molecule has 0 radical (unpaired) electrons. The Morgan fingerprint density at radius 3 is 2.00 bits per heavy atom. The molecule has 20 heavy (non-hydrogen) atoms. The molecule has 0 aliphatic heterocycles. The maximum absolute atomic E-state index is 12.7. The Morgan fingerprint density at radius 2 is 1.45 bits per heavy atom. The monoisotopic (exact) mass is 282 g/mol. The number of aliphatic hydroxyl groups excluding tert-OH is 1. The van der Waals surface area contributed by atoms with Gasteiger partial charge in [0.2, 0.25) is 0 Å². The summed E-state index contributed by atoms with van der Waals surface area (Å²) in [4.78, 5) is 0. The first kappa shape index (κ1) is 14.9. The molecule has 0 bridgehead atoms. The van der Waals surface area contributed by atoms with Crippen molar-refractivity contribution in [3.63, 3.8) is 0 Å². The Balaban J connectivity index is 2.72. The van der Waals surface area contributed by atoms with Gasteiger partial charge < -0.3 is 5.11 Å². The highest BCUT2D eigenvalue weighted by atomic mass is 19.4. The number of hydrogen-bond acceptors (Lipinski definition) is 1. The van der Waals surface area contributed by atoms with Gasteiger partial charge in [-0.3, -0.25) is 0 Å². The summed E-state index contributed by atoms with van der Waals surface area (Å²) < 4.78 is 38.2. The van der Waals surface area contributed by atoms with Gasteiger partial charge in [0.05, 0.1) is 0 Å². The van der Waals surface area contributed by atoms with Gasteiger partial charge in [0.1, 0.15) is 0 Å². The minimum atomic E-state index is -4.66. The maximum Gasteiger partial charge on any atom is 0.418 e. The largest absolute Gasteiger partial charge is 0.418 e. The van der Waals surface area contributed by atoms with Crippen molar-refractivity contribution in [1.29, 1.82) is 0 Å². The summed E-state index contributed by atoms with van der Waals surface area (Å²) in [6.07, 6.45) is -7.12. The van der Waals surface area contributed by atoms with Crippen molar-refractivity contribution < 1.29 is 18.3 Å². The first-order valence-electron chi connectivity index (χ1n) is 6.39. The lowest BCUT2D eigenvalue weighted by molar-refractivity contribution is -0.206. The van der Waals surface area contributed by atoms with E-state index >= 15 is 0 Å². The molecule has 1 unspecified atom stereocenters. The fourth-order valence-corrected chi connectivity index (χ4v) is 2.40. The molecule has 0 amide bonds. The first-order chi connectivity index (χ1) is 9.12. The number of halogens is 3. The molecule has 0 saturated carbocycles. The number of rotatable bonds is 1. The fraction of sp³-hybridized carbons (Fsp3) is 0.375. The zero-order valence-corrected chi connectivity index (χ0v) is 11.6. The van der Waals surface area contributed by atoms with E-state index < -0.39 is 12.3 Å². The van der Waals surface area contributed by atoms with Gasteiger partial charge in [0.25, 0.3) is 0 Å². The molecular formula is C16H17F3O. The molecule has 0 fully saturated rings. The number of benzene rings is 2. The van der Waals surface area contributed by atoms with Gasteiger partial charge in [0, 0.05) is 0 Å². The molecule has 1 N–H and O–H groups in total. The molecule has 2 aromatic rings. The number of fused-ring (bicyclic) bond motifs is 1. The van der Waals surface area contributed by atoms with E-state index in [1.807, 2.05) is 26.8 Å². The molecule has 108 valence electrons. The lowest BCUT2D eigenvalue weighted by Gasteiger charge is -2.23. The summed E-state index contributed by atoms with van der Waals surface area (Å²) in [7, 11) is 0. The van der Waals surface area contributed by atoms with Crippen LogP contribution < -0.4 is 0 Å². The minimum Gasteiger partial charge on any atom is -0.379 e. The van der Waals surface area contributed by atoms with Crippen molar-refractivity contribution in [2.45, 2.75) is 38.5 Å². The summed E-state index contributed by atoms with van der Waals surface area (Å²) in [6, 6.07) is 9.94. The third kappa shape index (κ3) is 2.66. The van der Waals surface area contributed by atoms with E-state index in [1.54, 1.807) is 24.3 Å². The van der Waals surface area contributed by atoms with E-state index in [9.17, 15) is 18.3 Å². The first-order valence-corrected chi connectivity index (χ1v) is 6.39. The van der Waals surface area contributed by atoms with Gasteiger partial charge in [0.15, 0.2) is 6.10 Å². The second-order valence-corrected chi connectivity index (χ2v) is 5.94. The van der Waals surface area contributed by atoms with Gasteiger partial charge in [-0.25, -0.2) is 0 Å². The molecule has 0 aliphatic rings. The van der Waals surface area contributed by atoms with Crippen LogP contribution in [0.2, 0.25) is 0 Å². The molecule has 0 saturated heterocycles. The zero-order chi connectivity index (χ0) is 15.1. The third-order valence-electron chi connectivity index (χ3n) is 3.37. The second-order valence-electron chi connectivity index (χ2n) is 5.94. The molecule has 4 heteroatoms. The normalized spacial score (nSPS) is 14.6. The Hall–Kier alpha value is -1.55. The highest BCUT2D eigenvalue weighted by molar-refractivity contribution is 5.89. The molecule has 1 nitrogen and oxygen atoms in total. The average molecular weight is 282 g/mol. The van der Waals surface area contributed by atoms with E-state index in [4.69, 9.17) is 0 Å². The summed E-state index contributed by atoms with van der Waals surface area (Å²) in [5.74, 6) is 0. The van der Waals surface area contributed by atoms with E-state index in [0.717, 1.165) is 10.9 Å². The predicted molar refractivity (Wildman–Crippen MR) is 73.7 cm³/mol. The van der Waals surface area contributed by atoms with Crippen LogP contribution in [-0.2, 0) is 5.41 Å². The van der Waals surface area contributed by atoms with Crippen LogP contribution in [0.4, 0.5) is 13.2 Å². The van der Waals surface area contributed by atoms with E-state index in [1.165, 1.54) is 6.07 Å². The maximum atomic E-state index is 12.7. The fourth-order valence-electron chi connectivity index (χ4n) is 2.40. The lowest BCUT2D eigenvalue weighted by atomic mass is 9.82. The van der Waals surface area contributed by atoms with Gasteiger partial charge in [-0.2, -0.15) is 13.2 Å². The van der Waals surface area contributed by atoms with Crippen LogP contribution in [0.15, 0.2) is 36.4 Å². The van der Waals surface area contributed by atoms with Gasteiger partial charge in [-0.15, -0.1) is 0 Å². The van der Waals surface area contributed by atoms with Crippen molar-refractivity contribution in [2.75, 3.05) is 0 Å². The van der Waals surface area contributed by atoms with Gasteiger partial charge in [-0.05, 0) is 27.3 Å². The third-order valence-corrected chi connectivity index (χ3v) is 3.37. The summed E-state index contributed by atoms with van der Waals surface area (Å²) in [5, 5.41) is 10.7. The van der Waals surface area contributed by atoms with Crippen LogP contribution in [0, 0.1) is 0 Å². The summed E-state index contributed by atoms with van der Waals surface area (Å²) in [5.41, 5.74) is 0.689. The number of hydrogen-bond donors (Lipinski definition) is 1. The SMILES string of the molecule is CC(C)(C)c1cccc2c(C(O)C(F)(F)F)cccc12. The summed E-state index contributed by atoms with van der Waals surface area (Å²) in [6.45, 7) is 6.03. The van der Waals surface area contributed by atoms with Crippen LogP contribution in [-0.4, -0.2) is 11.3 Å². The van der Waals surface area contributed by atoms with E-state index in [0.29, 0.717) is 5.39 Å². The van der Waals surface area contributed by atoms with Gasteiger partial charge >= 0.3 is 6.18 Å². The Morgan fingerprint density at radius 1 is 0.900 bits per heavy atom. The molecule has 0 aliphatic carbocycles. The molecule has 0 spiro atoms. The predicted octanol–water partition coefficient (Wildman–Crippen LogP) is 4.73. The van der Waals surface area contributed by atoms with Crippen molar-refractivity contribution in [2.24, 2.45) is 0 Å². The van der Waals surface area contributed by atoms with Gasteiger partial charge in [-0.1, -0.05) is 57.2 Å². The van der Waals surface area contributed by atoms with Crippen LogP contribution in [0.5, 0.6) is 0 Å². The van der Waals surface area contributed by atoms with Crippen molar-refractivity contribution in [3.05, 3.63) is 47.5 Å². The number of alkyl halides is 3. The molecule has 1 atom stereocenters. The van der Waals surface area contributed by atoms with Crippen LogP contribution >= 0.6 is 0 Å². The molecule has 0 aromatic heterocycles. The van der Waals surface area contributed by atoms with Crippen LogP contribution in [0.25, 0.3) is 10.8 Å². The Kier molecular flexibility index (Phi) is 3.54. The average Bonchev–Trinajstić information content (AvgIpc) is 2.34. The van der Waals surface area contributed by atoms with E-state index in [-0.39, 0.29) is 11.0 Å². The highest BCUT2D eigenvalue weighted by Gasteiger charge is 2.40. The smallest absolute Gasteiger partial charge is 0.379 e. The van der Waals surface area contributed by atoms with Crippen LogP contribution in [0.1, 0.15) is 38.0 Å². The number of aliphatic hydroxyl groups is 1. The highest BCUT2D eigenvalue weighted by Crippen LogP contribution is 2.38. The molecule has 2 rings (SSSR count). The molecular weight excluding hydrogens is 265 g/mol. The second kappa shape index (κ2) is 4.77. The Labute approximate surface area is 116 Å². The van der Waals surface area contributed by atoms with E-state index in [2.05, 4.69) is 0 Å². The van der Waals surface area contributed by atoms with Crippen LogP contribution in [0.3, 0.4) is 0 Å². The standard InChI is InChI=1S/C16H17F3O/c1-15(2,3)13-9-5-6-10-11(13)7-4-8-12(10)14(20)16(17,18)19/h4-9,14,20H,1-3H3.